The van der Waals surface area contributed by atoms with Gasteiger partial charge in [-0.1, -0.05) is 0 Å². The minimum Gasteiger partial charge on any atom is -0.862 e. The molecule has 0 saturated carbocycles. The number of thioether (sulfide) groups is 1. The van der Waals surface area contributed by atoms with E-state index in [1.807, 2.05) is 0 Å². The monoisotopic (exact) mass is 577 g/mol. The summed E-state index contributed by atoms with van der Waals surface area (Å²) in [5, 5.41) is 29.9. The normalized spacial score (nSPS) is 12.1. The number of rotatable bonds is 10. The van der Waals surface area contributed by atoms with Crippen LogP contribution in [0.5, 0.6) is 0 Å². The standard InChI is InChI=1S/C17H19N5O9S3.2Na/c1-10(23)19-14-8-12(18)16(32-5-2-6-33(26,27)28)9-15(14)21-20-13-4-3-11(22(24)25)7-17(13)34(29,30)31;;/h3-4,7-9H,2,5-6,18H2,1H3,(H,19,23)(H,26,27,28)(H,29,30,31);;/q;2*+1/p-2. The zero-order chi connectivity index (χ0) is 25.7. The van der Waals surface area contributed by atoms with Crippen molar-refractivity contribution in [1.29, 1.82) is 0 Å². The summed E-state index contributed by atoms with van der Waals surface area (Å²) >= 11 is 1.11. The molecule has 0 unspecified atom stereocenters. The van der Waals surface area contributed by atoms with Gasteiger partial charge in [-0.2, -0.15) is 8.42 Å². The SMILES string of the molecule is CC([O-])=Nc1cc(N)c(SCCCS(=O)(=O)O)cc1N=Nc1ccc([N+](=O)[O-])cc1S(=O)(=O)[O-].[Na+].[Na+]. The minimum atomic E-state index is -5.14. The van der Waals surface area contributed by atoms with E-state index >= 15 is 0 Å². The van der Waals surface area contributed by atoms with Gasteiger partial charge in [0.15, 0.2) is 0 Å². The van der Waals surface area contributed by atoms with E-state index in [1.54, 1.807) is 0 Å². The van der Waals surface area contributed by atoms with E-state index in [4.69, 9.17) is 10.3 Å². The van der Waals surface area contributed by atoms with E-state index in [9.17, 15) is 36.6 Å². The molecule has 0 radical (unpaired) electrons. The molecule has 0 atom stereocenters. The third-order valence-corrected chi connectivity index (χ3v) is 6.71. The first kappa shape index (κ1) is 34.9. The quantitative estimate of drug-likeness (QED) is 0.0266. The summed E-state index contributed by atoms with van der Waals surface area (Å²) in [6, 6.07) is 5.06. The average Bonchev–Trinajstić information content (AvgIpc) is 2.69. The second-order valence-corrected chi connectivity index (χ2v) is 10.6. The molecule has 184 valence electrons. The number of hydrogen-bond acceptors (Lipinski definition) is 13. The van der Waals surface area contributed by atoms with Gasteiger partial charge in [0.05, 0.1) is 21.3 Å². The van der Waals surface area contributed by atoms with Crippen molar-refractivity contribution in [2.45, 2.75) is 23.1 Å². The summed E-state index contributed by atoms with van der Waals surface area (Å²) in [7, 11) is -9.27. The Hall–Kier alpha value is -1.12. The molecule has 2 aromatic carbocycles. The first-order chi connectivity index (χ1) is 15.7. The molecule has 0 aliphatic carbocycles. The van der Waals surface area contributed by atoms with Crippen LogP contribution < -0.4 is 70.0 Å². The van der Waals surface area contributed by atoms with Gasteiger partial charge in [0.1, 0.15) is 21.5 Å². The van der Waals surface area contributed by atoms with Crippen LogP contribution in [0.25, 0.3) is 0 Å². The van der Waals surface area contributed by atoms with Crippen molar-refractivity contribution >= 4 is 66.3 Å². The van der Waals surface area contributed by atoms with Crippen LogP contribution in [-0.4, -0.2) is 48.3 Å². The van der Waals surface area contributed by atoms with Crippen molar-refractivity contribution in [3.8, 4) is 0 Å². The van der Waals surface area contributed by atoms with Gasteiger partial charge in [-0.3, -0.25) is 19.7 Å². The number of nitro groups is 1. The van der Waals surface area contributed by atoms with E-state index in [2.05, 4.69) is 15.2 Å². The molecule has 0 spiro atoms. The fraction of sp³-hybridized carbons (Fsp3) is 0.235. The first-order valence-corrected chi connectivity index (χ1v) is 13.1. The van der Waals surface area contributed by atoms with E-state index in [1.165, 1.54) is 12.1 Å². The van der Waals surface area contributed by atoms with Crippen LogP contribution in [0, 0.1) is 10.1 Å². The summed E-state index contributed by atoms with van der Waals surface area (Å²) < 4.78 is 65.1. The van der Waals surface area contributed by atoms with Crippen LogP contribution >= 0.6 is 11.8 Å². The summed E-state index contributed by atoms with van der Waals surface area (Å²) in [4.78, 5) is 13.2. The largest absolute Gasteiger partial charge is 1.00 e. The third-order valence-electron chi connectivity index (χ3n) is 3.88. The number of aliphatic imine (C=N–C) groups is 1. The molecule has 0 amide bonds. The van der Waals surface area contributed by atoms with Crippen molar-refractivity contribution in [2.24, 2.45) is 15.2 Å². The second kappa shape index (κ2) is 14.7. The Morgan fingerprint density at radius 2 is 1.69 bits per heavy atom. The Balaban J connectivity index is 0.00000612. The molecule has 0 aromatic heterocycles. The van der Waals surface area contributed by atoms with Gasteiger partial charge < -0.3 is 15.4 Å². The number of nitrogens with two attached hydrogens (primary N) is 1. The number of azo groups is 1. The van der Waals surface area contributed by atoms with Gasteiger partial charge in [0.2, 0.25) is 0 Å². The van der Waals surface area contributed by atoms with E-state index < -0.39 is 53.1 Å². The van der Waals surface area contributed by atoms with Crippen LogP contribution in [-0.2, 0) is 20.2 Å². The maximum Gasteiger partial charge on any atom is 1.00 e. The average molecular weight is 578 g/mol. The number of nitrogens with zero attached hydrogens (tertiary/aromatic N) is 4. The number of nitro benzene ring substituents is 1. The molecule has 3 N–H and O–H groups in total. The maximum absolute atomic E-state index is 11.5. The van der Waals surface area contributed by atoms with Crippen molar-refractivity contribution in [2.75, 3.05) is 17.2 Å². The van der Waals surface area contributed by atoms with Crippen LogP contribution in [0.15, 0.2) is 55.3 Å². The zero-order valence-electron chi connectivity index (χ0n) is 19.3. The Kier molecular flexibility index (Phi) is 14.3. The molecular weight excluding hydrogens is 560 g/mol. The van der Waals surface area contributed by atoms with Crippen molar-refractivity contribution in [1.82, 2.24) is 0 Å². The number of anilines is 1. The number of benzene rings is 2. The van der Waals surface area contributed by atoms with Gasteiger partial charge in [0.25, 0.3) is 15.8 Å². The molecular formula is C17H17N5Na2O9S3. The number of hydrogen-bond donors (Lipinski definition) is 2. The van der Waals surface area contributed by atoms with E-state index in [-0.39, 0.29) is 88.4 Å². The fourth-order valence-corrected chi connectivity index (χ4v) is 4.72. The Morgan fingerprint density at radius 3 is 2.22 bits per heavy atom. The summed E-state index contributed by atoms with van der Waals surface area (Å²) in [6.07, 6.45) is 0.104. The molecule has 36 heavy (non-hydrogen) atoms. The number of nitrogen functional groups attached to an aromatic ring is 1. The van der Waals surface area contributed by atoms with E-state index in [0.29, 0.717) is 11.0 Å². The van der Waals surface area contributed by atoms with Crippen LogP contribution in [0.2, 0.25) is 0 Å². The molecule has 19 heteroatoms. The first-order valence-electron chi connectivity index (χ1n) is 9.07. The van der Waals surface area contributed by atoms with Crippen LogP contribution in [0.1, 0.15) is 13.3 Å². The van der Waals surface area contributed by atoms with Crippen molar-refractivity contribution < 1.29 is 95.1 Å². The van der Waals surface area contributed by atoms with Crippen LogP contribution in [0.3, 0.4) is 0 Å². The smallest absolute Gasteiger partial charge is 0.862 e. The molecule has 0 heterocycles. The van der Waals surface area contributed by atoms with Gasteiger partial charge in [-0.05, 0) is 43.2 Å². The van der Waals surface area contributed by atoms with Gasteiger partial charge in [-0.25, -0.2) is 8.42 Å². The zero-order valence-corrected chi connectivity index (χ0v) is 25.8. The Labute approximate surface area is 255 Å². The molecule has 0 fully saturated rings. The Morgan fingerprint density at radius 1 is 1.08 bits per heavy atom. The maximum atomic E-state index is 11.5. The summed E-state index contributed by atoms with van der Waals surface area (Å²) in [6.45, 7) is 1.16. The van der Waals surface area contributed by atoms with Gasteiger partial charge >= 0.3 is 59.1 Å². The Bertz CT molecular complexity index is 1380. The van der Waals surface area contributed by atoms with E-state index in [0.717, 1.165) is 30.8 Å². The van der Waals surface area contributed by atoms with Crippen LogP contribution in [0.4, 0.5) is 28.4 Å². The molecule has 0 aliphatic heterocycles. The summed E-state index contributed by atoms with van der Waals surface area (Å²) in [5.74, 6) is -0.829. The second-order valence-electron chi connectivity index (χ2n) is 6.56. The molecule has 0 aliphatic rings. The van der Waals surface area contributed by atoms with Crippen molar-refractivity contribution in [3.05, 3.63) is 40.4 Å². The third kappa shape index (κ3) is 11.1. The molecule has 2 rings (SSSR count). The fourth-order valence-electron chi connectivity index (χ4n) is 2.47. The molecule has 2 aromatic rings. The molecule has 0 bridgehead atoms. The van der Waals surface area contributed by atoms with Gasteiger partial charge in [0, 0.05) is 22.7 Å². The summed E-state index contributed by atoms with van der Waals surface area (Å²) in [5.41, 5.74) is 4.94. The topological polar surface area (TPSA) is 241 Å². The number of non-ortho nitro benzene ring substituents is 1. The molecule has 0 saturated heterocycles. The minimum absolute atomic E-state index is 0. The van der Waals surface area contributed by atoms with Gasteiger partial charge in [-0.15, -0.1) is 22.0 Å². The predicted molar refractivity (Wildman–Crippen MR) is 121 cm³/mol. The molecule has 14 nitrogen and oxygen atoms in total. The predicted octanol–water partition coefficient (Wildman–Crippen LogP) is -3.72. The van der Waals surface area contributed by atoms with Crippen molar-refractivity contribution in [3.63, 3.8) is 0 Å².